The molecule has 1 N–H and O–H groups in total. The largest absolute Gasteiger partial charge is 0.351 e. The van der Waals surface area contributed by atoms with E-state index in [4.69, 9.17) is 11.6 Å². The van der Waals surface area contributed by atoms with Gasteiger partial charge in [0.25, 0.3) is 0 Å². The lowest BCUT2D eigenvalue weighted by atomic mass is 9.65. The third kappa shape index (κ3) is 2.09. The Morgan fingerprint density at radius 2 is 2.10 bits per heavy atom. The highest BCUT2D eigenvalue weighted by atomic mass is 35.5. The molecule has 2 aromatic heterocycles. The molecule has 1 saturated carbocycles. The first-order valence-electron chi connectivity index (χ1n) is 7.49. The molecule has 2 atom stereocenters. The van der Waals surface area contributed by atoms with Crippen LogP contribution in [0.15, 0.2) is 6.33 Å². The maximum absolute atomic E-state index is 6.09. The van der Waals surface area contributed by atoms with Gasteiger partial charge in [0, 0.05) is 12.6 Å². The molecule has 4 rings (SSSR count). The number of anilines is 1. The van der Waals surface area contributed by atoms with Crippen molar-refractivity contribution < 1.29 is 0 Å². The van der Waals surface area contributed by atoms with Crippen LogP contribution in [0.3, 0.4) is 0 Å². The number of aromatic nitrogens is 4. The normalized spacial score (nSPS) is 31.0. The molecule has 0 unspecified atom stereocenters. The Bertz CT molecular complexity index is 709. The average Bonchev–Trinajstić information content (AvgIpc) is 2.89. The minimum atomic E-state index is 0.274. The fourth-order valence-electron chi connectivity index (χ4n) is 4.71. The van der Waals surface area contributed by atoms with Crippen LogP contribution in [0.4, 0.5) is 5.82 Å². The average molecular weight is 306 g/mol. The molecule has 3 heterocycles. The van der Waals surface area contributed by atoms with Crippen molar-refractivity contribution in [2.45, 2.75) is 46.1 Å². The van der Waals surface area contributed by atoms with E-state index in [1.54, 1.807) is 6.33 Å². The smallest absolute Gasteiger partial charge is 0.226 e. The Morgan fingerprint density at radius 1 is 1.29 bits per heavy atom. The molecule has 0 aromatic carbocycles. The predicted octanol–water partition coefficient (Wildman–Crippen LogP) is 3.41. The van der Waals surface area contributed by atoms with Crippen LogP contribution in [0.1, 0.15) is 40.0 Å². The summed E-state index contributed by atoms with van der Waals surface area (Å²) in [5, 5.41) is 0.274. The van der Waals surface area contributed by atoms with Crippen LogP contribution in [0.5, 0.6) is 0 Å². The van der Waals surface area contributed by atoms with Crippen LogP contribution < -0.4 is 4.90 Å². The van der Waals surface area contributed by atoms with Crippen molar-refractivity contribution in [1.82, 2.24) is 19.9 Å². The van der Waals surface area contributed by atoms with Crippen molar-refractivity contribution in [3.05, 3.63) is 11.6 Å². The fourth-order valence-corrected chi connectivity index (χ4v) is 4.87. The van der Waals surface area contributed by atoms with Gasteiger partial charge in [-0.1, -0.05) is 20.8 Å². The van der Waals surface area contributed by atoms with Gasteiger partial charge in [0.15, 0.2) is 11.5 Å². The van der Waals surface area contributed by atoms with E-state index in [0.29, 0.717) is 22.5 Å². The molecule has 2 aromatic rings. The zero-order valence-electron chi connectivity index (χ0n) is 12.6. The summed E-state index contributed by atoms with van der Waals surface area (Å²) >= 11 is 6.09. The van der Waals surface area contributed by atoms with E-state index in [0.717, 1.165) is 17.9 Å². The summed E-state index contributed by atoms with van der Waals surface area (Å²) in [6.45, 7) is 8.18. The van der Waals surface area contributed by atoms with E-state index >= 15 is 0 Å². The Morgan fingerprint density at radius 3 is 2.90 bits per heavy atom. The van der Waals surface area contributed by atoms with Gasteiger partial charge in [-0.2, -0.15) is 9.97 Å². The number of hydrogen-bond acceptors (Lipinski definition) is 4. The monoisotopic (exact) mass is 305 g/mol. The van der Waals surface area contributed by atoms with E-state index in [1.165, 1.54) is 19.3 Å². The molecule has 112 valence electrons. The Labute approximate surface area is 129 Å². The highest BCUT2D eigenvalue weighted by Crippen LogP contribution is 2.53. The second kappa shape index (κ2) is 4.09. The molecule has 1 saturated heterocycles. The molecule has 0 spiro atoms. The summed E-state index contributed by atoms with van der Waals surface area (Å²) in [6.07, 6.45) is 5.35. The number of hydrogen-bond donors (Lipinski definition) is 1. The van der Waals surface area contributed by atoms with Crippen LogP contribution in [0, 0.1) is 10.8 Å². The van der Waals surface area contributed by atoms with Crippen molar-refractivity contribution in [2.24, 2.45) is 10.8 Å². The van der Waals surface area contributed by atoms with Crippen LogP contribution in [0.25, 0.3) is 11.2 Å². The zero-order valence-corrected chi connectivity index (χ0v) is 13.4. The minimum Gasteiger partial charge on any atom is -0.351 e. The second-order valence-corrected chi connectivity index (χ2v) is 8.10. The highest BCUT2D eigenvalue weighted by Gasteiger charge is 2.50. The van der Waals surface area contributed by atoms with Crippen molar-refractivity contribution in [1.29, 1.82) is 0 Å². The fraction of sp³-hybridized carbons (Fsp3) is 0.667. The number of H-pyrrole nitrogens is 1. The SMILES string of the molecule is CC1(C)C[C@H]2C[C@@](C)(CN2c2nc(Cl)nc3nc[nH]c23)C1. The minimum absolute atomic E-state index is 0.274. The summed E-state index contributed by atoms with van der Waals surface area (Å²) in [5.74, 6) is 0.911. The molecule has 2 fully saturated rings. The third-order valence-corrected chi connectivity index (χ3v) is 5.10. The van der Waals surface area contributed by atoms with Crippen LogP contribution >= 0.6 is 11.6 Å². The van der Waals surface area contributed by atoms with Crippen molar-refractivity contribution >= 4 is 28.6 Å². The third-order valence-electron chi connectivity index (χ3n) is 4.93. The summed E-state index contributed by atoms with van der Waals surface area (Å²) in [5.41, 5.74) is 2.29. The first-order valence-corrected chi connectivity index (χ1v) is 7.86. The van der Waals surface area contributed by atoms with Gasteiger partial charge in [0.1, 0.15) is 5.52 Å². The molecule has 1 aliphatic heterocycles. The first-order chi connectivity index (χ1) is 9.85. The lowest BCUT2D eigenvalue weighted by Crippen LogP contribution is -2.35. The van der Waals surface area contributed by atoms with Crippen LogP contribution in [0.2, 0.25) is 5.28 Å². The first kappa shape index (κ1) is 13.3. The summed E-state index contributed by atoms with van der Waals surface area (Å²) in [7, 11) is 0. The molecule has 6 heteroatoms. The number of rotatable bonds is 1. The number of fused-ring (bicyclic) bond motifs is 3. The van der Waals surface area contributed by atoms with E-state index in [2.05, 4.69) is 45.6 Å². The number of halogens is 1. The molecule has 0 amide bonds. The van der Waals surface area contributed by atoms with Gasteiger partial charge in [-0.3, -0.25) is 0 Å². The molecule has 0 radical (unpaired) electrons. The van der Waals surface area contributed by atoms with E-state index in [1.807, 2.05) is 0 Å². The topological polar surface area (TPSA) is 57.7 Å². The van der Waals surface area contributed by atoms with Gasteiger partial charge < -0.3 is 9.88 Å². The number of nitrogens with zero attached hydrogens (tertiary/aromatic N) is 4. The lowest BCUT2D eigenvalue weighted by Gasteiger charge is -2.39. The highest BCUT2D eigenvalue weighted by molar-refractivity contribution is 6.28. The lowest BCUT2D eigenvalue weighted by molar-refractivity contribution is 0.136. The van der Waals surface area contributed by atoms with E-state index in [9.17, 15) is 0 Å². The number of nitrogens with one attached hydrogen (secondary N) is 1. The van der Waals surface area contributed by atoms with Gasteiger partial charge in [-0.05, 0) is 41.7 Å². The maximum atomic E-state index is 6.09. The molecular weight excluding hydrogens is 286 g/mol. The Balaban J connectivity index is 1.81. The van der Waals surface area contributed by atoms with Gasteiger partial charge in [0.2, 0.25) is 5.28 Å². The number of aromatic amines is 1. The van der Waals surface area contributed by atoms with Gasteiger partial charge in [-0.15, -0.1) is 0 Å². The number of imidazole rings is 1. The molecule has 2 aliphatic rings. The molecule has 2 bridgehead atoms. The molecule has 21 heavy (non-hydrogen) atoms. The quantitative estimate of drug-likeness (QED) is 0.820. The molecular formula is C15H20ClN5. The summed E-state index contributed by atoms with van der Waals surface area (Å²) < 4.78 is 0. The zero-order chi connectivity index (χ0) is 14.8. The Kier molecular flexibility index (Phi) is 2.60. The second-order valence-electron chi connectivity index (χ2n) is 7.76. The van der Waals surface area contributed by atoms with Crippen molar-refractivity contribution in [3.8, 4) is 0 Å². The van der Waals surface area contributed by atoms with Crippen molar-refractivity contribution in [2.75, 3.05) is 11.4 Å². The van der Waals surface area contributed by atoms with E-state index in [-0.39, 0.29) is 5.28 Å². The summed E-state index contributed by atoms with van der Waals surface area (Å²) in [4.78, 5) is 18.5. The maximum Gasteiger partial charge on any atom is 0.226 e. The van der Waals surface area contributed by atoms with Gasteiger partial charge in [0.05, 0.1) is 6.33 Å². The van der Waals surface area contributed by atoms with Gasteiger partial charge in [-0.25, -0.2) is 4.98 Å². The van der Waals surface area contributed by atoms with Gasteiger partial charge >= 0.3 is 0 Å². The molecule has 1 aliphatic carbocycles. The predicted molar refractivity (Wildman–Crippen MR) is 83.6 cm³/mol. The Hall–Kier alpha value is -1.36. The van der Waals surface area contributed by atoms with Crippen molar-refractivity contribution in [3.63, 3.8) is 0 Å². The summed E-state index contributed by atoms with van der Waals surface area (Å²) in [6, 6.07) is 0.524. The van der Waals surface area contributed by atoms with Crippen LogP contribution in [-0.2, 0) is 0 Å². The standard InChI is InChI=1S/C15H20ClN5/c1-14(2)4-9-5-15(3,6-14)7-21(9)12-10-11(18-8-17-10)19-13(16)20-12/h8-9H,4-7H2,1-3H3,(H,17,18,19,20)/t9-,15+/m0/s1. The van der Waals surface area contributed by atoms with Crippen LogP contribution in [-0.4, -0.2) is 32.5 Å². The molecule has 5 nitrogen and oxygen atoms in total. The van der Waals surface area contributed by atoms with E-state index < -0.39 is 0 Å².